The molecule has 0 saturated carbocycles. The predicted molar refractivity (Wildman–Crippen MR) is 82.4 cm³/mol. The van der Waals surface area contributed by atoms with Crippen LogP contribution in [0.15, 0.2) is 0 Å². The number of ether oxygens (including phenoxy) is 2. The van der Waals surface area contributed by atoms with E-state index in [9.17, 15) is 9.59 Å². The summed E-state index contributed by atoms with van der Waals surface area (Å²) in [7, 11) is 0. The zero-order valence-corrected chi connectivity index (χ0v) is 13.9. The Morgan fingerprint density at radius 2 is 1.95 bits per heavy atom. The van der Waals surface area contributed by atoms with Crippen LogP contribution in [-0.2, 0) is 19.1 Å². The largest absolute Gasteiger partial charge is 0.450 e. The number of hydrogen-bond donors (Lipinski definition) is 1. The fraction of sp³-hybridized carbons (Fsp3) is 0.875. The molecule has 2 aliphatic rings. The van der Waals surface area contributed by atoms with E-state index in [-0.39, 0.29) is 5.91 Å². The molecule has 0 aliphatic carbocycles. The second-order valence-electron chi connectivity index (χ2n) is 6.81. The summed E-state index contributed by atoms with van der Waals surface area (Å²) in [5.41, 5.74) is -1.10. The number of carbonyl (C=O) groups excluding carboxylic acids is 2. The Labute approximate surface area is 132 Å². The highest BCUT2D eigenvalue weighted by Crippen LogP contribution is 2.22. The van der Waals surface area contributed by atoms with Crippen LogP contribution in [-0.4, -0.2) is 61.3 Å². The third-order valence-electron chi connectivity index (χ3n) is 4.57. The zero-order valence-electron chi connectivity index (χ0n) is 13.9. The number of hydrogen-bond acceptors (Lipinski definition) is 5. The van der Waals surface area contributed by atoms with E-state index in [1.807, 2.05) is 0 Å². The zero-order chi connectivity index (χ0) is 16.2. The average Bonchev–Trinajstić information content (AvgIpc) is 2.98. The van der Waals surface area contributed by atoms with Crippen LogP contribution in [0.2, 0.25) is 0 Å². The highest BCUT2D eigenvalue weighted by Gasteiger charge is 2.32. The molecular weight excluding hydrogens is 284 g/mol. The van der Waals surface area contributed by atoms with Crippen molar-refractivity contribution in [2.45, 2.75) is 51.7 Å². The number of esters is 1. The predicted octanol–water partition coefficient (Wildman–Crippen LogP) is 0.945. The quantitative estimate of drug-likeness (QED) is 0.766. The van der Waals surface area contributed by atoms with Crippen LogP contribution in [0.4, 0.5) is 0 Å². The van der Waals surface area contributed by atoms with E-state index in [0.717, 1.165) is 45.6 Å². The van der Waals surface area contributed by atoms with Gasteiger partial charge in [0, 0.05) is 26.1 Å². The van der Waals surface area contributed by atoms with E-state index < -0.39 is 11.6 Å². The molecule has 0 spiro atoms. The van der Waals surface area contributed by atoms with E-state index in [2.05, 4.69) is 10.2 Å². The van der Waals surface area contributed by atoms with Gasteiger partial charge in [0.05, 0.1) is 6.61 Å². The van der Waals surface area contributed by atoms with Crippen LogP contribution >= 0.6 is 0 Å². The Morgan fingerprint density at radius 3 is 2.50 bits per heavy atom. The standard InChI is InChI=1S/C16H28N2O4/c1-12(19)22-16(2,3)15(20)17-10-13-4-7-18(8-5-13)14-6-9-21-11-14/h13-14H,4-11H2,1-3H3,(H,17,20)/t14-/m1/s1. The summed E-state index contributed by atoms with van der Waals surface area (Å²) < 4.78 is 10.5. The molecule has 126 valence electrons. The first-order valence-electron chi connectivity index (χ1n) is 8.18. The molecule has 1 N–H and O–H groups in total. The Morgan fingerprint density at radius 1 is 1.27 bits per heavy atom. The molecule has 0 unspecified atom stereocenters. The van der Waals surface area contributed by atoms with Gasteiger partial charge in [0.1, 0.15) is 0 Å². The summed E-state index contributed by atoms with van der Waals surface area (Å²) in [5.74, 6) is -0.169. The lowest BCUT2D eigenvalue weighted by Crippen LogP contribution is -2.48. The van der Waals surface area contributed by atoms with E-state index in [1.54, 1.807) is 13.8 Å². The molecule has 0 aromatic heterocycles. The number of nitrogens with zero attached hydrogens (tertiary/aromatic N) is 1. The molecule has 22 heavy (non-hydrogen) atoms. The Balaban J connectivity index is 1.70. The summed E-state index contributed by atoms with van der Waals surface area (Å²) in [5, 5.41) is 2.92. The maximum atomic E-state index is 12.1. The summed E-state index contributed by atoms with van der Waals surface area (Å²) >= 11 is 0. The van der Waals surface area contributed by atoms with Crippen molar-refractivity contribution < 1.29 is 19.1 Å². The van der Waals surface area contributed by atoms with E-state index >= 15 is 0 Å². The molecule has 6 heteroatoms. The van der Waals surface area contributed by atoms with Gasteiger partial charge < -0.3 is 14.8 Å². The minimum absolute atomic E-state index is 0.227. The number of rotatable bonds is 5. The van der Waals surface area contributed by atoms with Gasteiger partial charge in [0.2, 0.25) is 0 Å². The van der Waals surface area contributed by atoms with Gasteiger partial charge in [-0.05, 0) is 52.1 Å². The lowest BCUT2D eigenvalue weighted by Gasteiger charge is -2.35. The van der Waals surface area contributed by atoms with Gasteiger partial charge >= 0.3 is 5.97 Å². The molecule has 6 nitrogen and oxygen atoms in total. The molecule has 2 fully saturated rings. The van der Waals surface area contributed by atoms with Crippen LogP contribution < -0.4 is 5.32 Å². The molecule has 0 radical (unpaired) electrons. The van der Waals surface area contributed by atoms with Gasteiger partial charge in [-0.2, -0.15) is 0 Å². The third-order valence-corrected chi connectivity index (χ3v) is 4.57. The number of likely N-dealkylation sites (tertiary alicyclic amines) is 1. The summed E-state index contributed by atoms with van der Waals surface area (Å²) in [6.45, 7) is 9.09. The van der Waals surface area contributed by atoms with Gasteiger partial charge in [0.25, 0.3) is 5.91 Å². The van der Waals surface area contributed by atoms with Crippen molar-refractivity contribution in [3.8, 4) is 0 Å². The third kappa shape index (κ3) is 4.68. The molecule has 2 saturated heterocycles. The molecule has 2 rings (SSSR count). The number of piperidine rings is 1. The molecule has 1 amide bonds. The van der Waals surface area contributed by atoms with Crippen molar-refractivity contribution in [2.75, 3.05) is 32.8 Å². The van der Waals surface area contributed by atoms with Gasteiger partial charge in [0.15, 0.2) is 5.60 Å². The summed E-state index contributed by atoms with van der Waals surface area (Å²) in [6.07, 6.45) is 3.31. The fourth-order valence-corrected chi connectivity index (χ4v) is 3.19. The lowest BCUT2D eigenvalue weighted by molar-refractivity contribution is -0.163. The van der Waals surface area contributed by atoms with Gasteiger partial charge in [-0.25, -0.2) is 0 Å². The highest BCUT2D eigenvalue weighted by molar-refractivity contribution is 5.86. The summed E-state index contributed by atoms with van der Waals surface area (Å²) in [4.78, 5) is 25.6. The van der Waals surface area contributed by atoms with Crippen LogP contribution in [0.1, 0.15) is 40.0 Å². The molecule has 0 bridgehead atoms. The van der Waals surface area contributed by atoms with Gasteiger partial charge in [-0.15, -0.1) is 0 Å². The average molecular weight is 312 g/mol. The molecule has 0 aromatic carbocycles. The maximum absolute atomic E-state index is 12.1. The molecular formula is C16H28N2O4. The van der Waals surface area contributed by atoms with Crippen molar-refractivity contribution in [2.24, 2.45) is 5.92 Å². The van der Waals surface area contributed by atoms with Gasteiger partial charge in [-0.3, -0.25) is 14.5 Å². The van der Waals surface area contributed by atoms with E-state index in [4.69, 9.17) is 9.47 Å². The topological polar surface area (TPSA) is 67.9 Å². The molecule has 1 atom stereocenters. The first kappa shape index (κ1) is 17.2. The highest BCUT2D eigenvalue weighted by atomic mass is 16.6. The van der Waals surface area contributed by atoms with Gasteiger partial charge in [-0.1, -0.05) is 0 Å². The molecule has 2 heterocycles. The van der Waals surface area contributed by atoms with Crippen LogP contribution in [0.3, 0.4) is 0 Å². The second-order valence-corrected chi connectivity index (χ2v) is 6.81. The first-order chi connectivity index (χ1) is 10.4. The van der Waals surface area contributed by atoms with Crippen molar-refractivity contribution in [1.29, 1.82) is 0 Å². The fourth-order valence-electron chi connectivity index (χ4n) is 3.19. The van der Waals surface area contributed by atoms with E-state index in [0.29, 0.717) is 18.5 Å². The van der Waals surface area contributed by atoms with Crippen LogP contribution in [0.25, 0.3) is 0 Å². The smallest absolute Gasteiger partial charge is 0.303 e. The first-order valence-corrected chi connectivity index (χ1v) is 8.18. The number of carbonyl (C=O) groups is 2. The Hall–Kier alpha value is -1.14. The van der Waals surface area contributed by atoms with Crippen LogP contribution in [0, 0.1) is 5.92 Å². The van der Waals surface area contributed by atoms with Crippen molar-refractivity contribution in [3.63, 3.8) is 0 Å². The van der Waals surface area contributed by atoms with E-state index in [1.165, 1.54) is 6.92 Å². The second kappa shape index (κ2) is 7.42. The molecule has 2 aliphatic heterocycles. The normalized spacial score (nSPS) is 24.2. The SMILES string of the molecule is CC(=O)OC(C)(C)C(=O)NCC1CCN([C@@H]2CCOC2)CC1. The lowest BCUT2D eigenvalue weighted by atomic mass is 9.95. The Bertz CT molecular complexity index is 397. The number of nitrogens with one attached hydrogen (secondary N) is 1. The number of amides is 1. The van der Waals surface area contributed by atoms with Crippen molar-refractivity contribution >= 4 is 11.9 Å². The van der Waals surface area contributed by atoms with Crippen LogP contribution in [0.5, 0.6) is 0 Å². The Kier molecular flexibility index (Phi) is 5.81. The monoisotopic (exact) mass is 312 g/mol. The minimum atomic E-state index is -1.10. The minimum Gasteiger partial charge on any atom is -0.450 e. The van der Waals surface area contributed by atoms with Crippen molar-refractivity contribution in [1.82, 2.24) is 10.2 Å². The van der Waals surface area contributed by atoms with Crippen molar-refractivity contribution in [3.05, 3.63) is 0 Å². The summed E-state index contributed by atoms with van der Waals surface area (Å²) in [6, 6.07) is 0.582. The molecule has 0 aromatic rings. The maximum Gasteiger partial charge on any atom is 0.303 e.